The molecule has 0 saturated heterocycles. The quantitative estimate of drug-likeness (QED) is 0.683. The summed E-state index contributed by atoms with van der Waals surface area (Å²) < 4.78 is 38.6. The molecule has 0 N–H and O–H groups in total. The molecule has 1 nitrogen and oxygen atoms in total. The third kappa shape index (κ3) is 2.64. The first-order valence-corrected chi connectivity index (χ1v) is 5.56. The molecular weight excluding hydrogens is 263 g/mol. The van der Waals surface area contributed by atoms with Crippen LogP contribution in [0.4, 0.5) is 13.2 Å². The van der Waals surface area contributed by atoms with Crippen LogP contribution in [-0.4, -0.2) is 4.98 Å². The Balaban J connectivity index is 2.66. The molecule has 18 heavy (non-hydrogen) atoms. The minimum Gasteiger partial charge on any atom is -0.235 e. The number of nitrogens with zero attached hydrogens (tertiary/aromatic N) is 1. The second-order valence-corrected chi connectivity index (χ2v) is 4.28. The molecule has 0 amide bonds. The first-order chi connectivity index (χ1) is 8.38. The molecule has 0 aliphatic carbocycles. The maximum Gasteiger partial charge on any atom is 0.418 e. The number of alkyl halides is 3. The van der Waals surface area contributed by atoms with Gasteiger partial charge in [0.15, 0.2) is 0 Å². The summed E-state index contributed by atoms with van der Waals surface area (Å²) >= 11 is 5.68. The van der Waals surface area contributed by atoms with Gasteiger partial charge in [-0.15, -0.1) is 0 Å². The molecule has 0 spiro atoms. The molecule has 94 valence electrons. The van der Waals surface area contributed by atoms with Crippen LogP contribution in [0.3, 0.4) is 0 Å². The molecule has 5 heteroatoms. The Bertz CT molecular complexity index is 579. The van der Waals surface area contributed by atoms with E-state index in [1.54, 1.807) is 31.2 Å². The predicted molar refractivity (Wildman–Crippen MR) is 64.4 cm³/mol. The van der Waals surface area contributed by atoms with Gasteiger partial charge >= 0.3 is 6.18 Å². The third-order valence-corrected chi connectivity index (χ3v) is 2.67. The van der Waals surface area contributed by atoms with Crippen LogP contribution < -0.4 is 0 Å². The maximum absolute atomic E-state index is 12.9. The number of hydrogen-bond acceptors (Lipinski definition) is 1. The fraction of sp³-hybridized carbons (Fsp3) is 0.154. The summed E-state index contributed by atoms with van der Waals surface area (Å²) in [7, 11) is 0. The van der Waals surface area contributed by atoms with Gasteiger partial charge in [0, 0.05) is 5.56 Å². The average Bonchev–Trinajstić information content (AvgIpc) is 2.27. The smallest absolute Gasteiger partial charge is 0.235 e. The summed E-state index contributed by atoms with van der Waals surface area (Å²) in [5.74, 6) is 0. The summed E-state index contributed by atoms with van der Waals surface area (Å²) in [6.45, 7) is 1.81. The van der Waals surface area contributed by atoms with Crippen LogP contribution in [0, 0.1) is 6.92 Å². The van der Waals surface area contributed by atoms with Gasteiger partial charge in [-0.1, -0.05) is 35.4 Å². The van der Waals surface area contributed by atoms with Crippen LogP contribution in [0.25, 0.3) is 11.3 Å². The van der Waals surface area contributed by atoms with E-state index in [0.29, 0.717) is 5.56 Å². The Hall–Kier alpha value is -1.55. The highest BCUT2D eigenvalue weighted by molar-refractivity contribution is 6.29. The number of hydrogen-bond donors (Lipinski definition) is 0. The van der Waals surface area contributed by atoms with E-state index in [-0.39, 0.29) is 10.8 Å². The Kier molecular flexibility index (Phi) is 3.30. The topological polar surface area (TPSA) is 12.9 Å². The van der Waals surface area contributed by atoms with Crippen LogP contribution in [0.5, 0.6) is 0 Å². The lowest BCUT2D eigenvalue weighted by Crippen LogP contribution is -2.08. The predicted octanol–water partition coefficient (Wildman–Crippen LogP) is 4.73. The van der Waals surface area contributed by atoms with Gasteiger partial charge in [0.2, 0.25) is 0 Å². The van der Waals surface area contributed by atoms with Crippen molar-refractivity contribution in [2.24, 2.45) is 0 Å². The fourth-order valence-corrected chi connectivity index (χ4v) is 1.82. The lowest BCUT2D eigenvalue weighted by molar-refractivity contribution is -0.137. The van der Waals surface area contributed by atoms with Crippen molar-refractivity contribution < 1.29 is 13.2 Å². The van der Waals surface area contributed by atoms with E-state index >= 15 is 0 Å². The largest absolute Gasteiger partial charge is 0.418 e. The van der Waals surface area contributed by atoms with Crippen molar-refractivity contribution >= 4 is 11.6 Å². The Labute approximate surface area is 107 Å². The molecule has 0 radical (unpaired) electrons. The minimum atomic E-state index is -4.45. The number of benzene rings is 1. The van der Waals surface area contributed by atoms with Gasteiger partial charge in [-0.05, 0) is 25.1 Å². The highest BCUT2D eigenvalue weighted by Crippen LogP contribution is 2.36. The van der Waals surface area contributed by atoms with Crippen molar-refractivity contribution in [3.05, 3.63) is 52.7 Å². The van der Waals surface area contributed by atoms with Gasteiger partial charge in [-0.25, -0.2) is 4.98 Å². The van der Waals surface area contributed by atoms with E-state index in [4.69, 9.17) is 11.6 Å². The van der Waals surface area contributed by atoms with E-state index in [1.807, 2.05) is 0 Å². The number of rotatable bonds is 1. The summed E-state index contributed by atoms with van der Waals surface area (Å²) in [5, 5.41) is 0.0412. The average molecular weight is 272 g/mol. The zero-order chi connectivity index (χ0) is 13.3. The van der Waals surface area contributed by atoms with Crippen LogP contribution >= 0.6 is 11.6 Å². The Morgan fingerprint density at radius 2 is 1.83 bits per heavy atom. The summed E-state index contributed by atoms with van der Waals surface area (Å²) in [4.78, 5) is 3.80. The van der Waals surface area contributed by atoms with Crippen molar-refractivity contribution in [3.8, 4) is 11.3 Å². The van der Waals surface area contributed by atoms with Gasteiger partial charge in [0.05, 0.1) is 11.3 Å². The standard InChI is InChI=1S/C13H9ClF3N/c1-8-3-2-4-9(7-8)12-10(13(15,16)17)5-6-11(14)18-12/h2-7H,1H3. The molecule has 1 aromatic carbocycles. The third-order valence-electron chi connectivity index (χ3n) is 2.46. The van der Waals surface area contributed by atoms with E-state index in [2.05, 4.69) is 4.98 Å². The van der Waals surface area contributed by atoms with Crippen molar-refractivity contribution in [2.75, 3.05) is 0 Å². The molecule has 0 saturated carbocycles. The second-order valence-electron chi connectivity index (χ2n) is 3.90. The number of aromatic nitrogens is 1. The Morgan fingerprint density at radius 1 is 1.11 bits per heavy atom. The number of aryl methyl sites for hydroxylation is 1. The van der Waals surface area contributed by atoms with E-state index in [9.17, 15) is 13.2 Å². The summed E-state index contributed by atoms with van der Waals surface area (Å²) in [6.07, 6.45) is -4.45. The molecule has 1 aromatic heterocycles. The fourth-order valence-electron chi connectivity index (χ4n) is 1.68. The molecule has 1 heterocycles. The van der Waals surface area contributed by atoms with Crippen molar-refractivity contribution in [1.82, 2.24) is 4.98 Å². The molecule has 0 atom stereocenters. The number of halogens is 4. The zero-order valence-electron chi connectivity index (χ0n) is 9.42. The molecule has 0 unspecified atom stereocenters. The van der Waals surface area contributed by atoms with Crippen LogP contribution in [-0.2, 0) is 6.18 Å². The SMILES string of the molecule is Cc1cccc(-c2nc(Cl)ccc2C(F)(F)F)c1. The minimum absolute atomic E-state index is 0.0412. The highest BCUT2D eigenvalue weighted by atomic mass is 35.5. The van der Waals surface area contributed by atoms with Gasteiger partial charge in [-0.3, -0.25) is 0 Å². The monoisotopic (exact) mass is 271 g/mol. The highest BCUT2D eigenvalue weighted by Gasteiger charge is 2.34. The lowest BCUT2D eigenvalue weighted by Gasteiger charge is -2.12. The molecule has 2 rings (SSSR count). The molecule has 0 fully saturated rings. The molecule has 0 aliphatic rings. The summed E-state index contributed by atoms with van der Waals surface area (Å²) in [5.41, 5.74) is 0.350. The lowest BCUT2D eigenvalue weighted by atomic mass is 10.0. The normalized spacial score (nSPS) is 11.6. The van der Waals surface area contributed by atoms with Gasteiger partial charge in [0.25, 0.3) is 0 Å². The van der Waals surface area contributed by atoms with Crippen LogP contribution in [0.15, 0.2) is 36.4 Å². The van der Waals surface area contributed by atoms with E-state index < -0.39 is 11.7 Å². The van der Waals surface area contributed by atoms with Crippen molar-refractivity contribution in [1.29, 1.82) is 0 Å². The van der Waals surface area contributed by atoms with Crippen LogP contribution in [0.1, 0.15) is 11.1 Å². The van der Waals surface area contributed by atoms with Crippen molar-refractivity contribution in [3.63, 3.8) is 0 Å². The maximum atomic E-state index is 12.9. The van der Waals surface area contributed by atoms with Gasteiger partial charge in [0.1, 0.15) is 5.15 Å². The Morgan fingerprint density at radius 3 is 2.44 bits per heavy atom. The number of pyridine rings is 1. The van der Waals surface area contributed by atoms with Crippen molar-refractivity contribution in [2.45, 2.75) is 13.1 Å². The van der Waals surface area contributed by atoms with E-state index in [1.165, 1.54) is 0 Å². The second kappa shape index (κ2) is 4.61. The molecule has 2 aromatic rings. The van der Waals surface area contributed by atoms with Gasteiger partial charge < -0.3 is 0 Å². The summed E-state index contributed by atoms with van der Waals surface area (Å²) in [6, 6.07) is 8.82. The first kappa shape index (κ1) is 12.9. The van der Waals surface area contributed by atoms with E-state index in [0.717, 1.165) is 17.7 Å². The molecule has 0 aliphatic heterocycles. The zero-order valence-corrected chi connectivity index (χ0v) is 10.2. The first-order valence-electron chi connectivity index (χ1n) is 5.19. The molecule has 0 bridgehead atoms. The molecular formula is C13H9ClF3N. The van der Waals surface area contributed by atoms with Gasteiger partial charge in [-0.2, -0.15) is 13.2 Å². The van der Waals surface area contributed by atoms with Crippen LogP contribution in [0.2, 0.25) is 5.15 Å².